The first-order chi connectivity index (χ1) is 5.94. The second-order valence-electron chi connectivity index (χ2n) is 3.66. The second kappa shape index (κ2) is 5.60. The summed E-state index contributed by atoms with van der Waals surface area (Å²) in [6.07, 6.45) is 1.41. The zero-order valence-electron chi connectivity index (χ0n) is 8.66. The minimum Gasteiger partial charge on any atom is -0.396 e. The van der Waals surface area contributed by atoms with Gasteiger partial charge in [0.05, 0.1) is 11.0 Å². The van der Waals surface area contributed by atoms with E-state index in [4.69, 9.17) is 5.11 Å². The molecule has 80 valence electrons. The lowest BCUT2D eigenvalue weighted by Gasteiger charge is -2.12. The van der Waals surface area contributed by atoms with Crippen LogP contribution in [0.4, 0.5) is 0 Å². The fourth-order valence-electron chi connectivity index (χ4n) is 0.991. The number of aliphatic hydroxyl groups excluding tert-OH is 1. The van der Waals surface area contributed by atoms with Gasteiger partial charge < -0.3 is 5.11 Å². The van der Waals surface area contributed by atoms with E-state index < -0.39 is 9.84 Å². The number of hydrogen-bond acceptors (Lipinski definition) is 3. The molecule has 0 heterocycles. The van der Waals surface area contributed by atoms with Crippen LogP contribution < -0.4 is 0 Å². The summed E-state index contributed by atoms with van der Waals surface area (Å²) in [6, 6.07) is 0. The molecule has 0 saturated carbocycles. The van der Waals surface area contributed by atoms with Crippen molar-refractivity contribution in [1.82, 2.24) is 0 Å². The van der Waals surface area contributed by atoms with E-state index in [-0.39, 0.29) is 23.5 Å². The predicted octanol–water partition coefficient (Wildman–Crippen LogP) is 1.22. The van der Waals surface area contributed by atoms with E-state index in [0.717, 1.165) is 6.42 Å². The molecule has 0 aromatic carbocycles. The van der Waals surface area contributed by atoms with Gasteiger partial charge in [-0.25, -0.2) is 8.42 Å². The van der Waals surface area contributed by atoms with Crippen LogP contribution in [0, 0.1) is 5.92 Å². The van der Waals surface area contributed by atoms with E-state index in [1.807, 2.05) is 6.92 Å². The van der Waals surface area contributed by atoms with Crippen molar-refractivity contribution in [1.29, 1.82) is 0 Å². The fraction of sp³-hybridized carbons (Fsp3) is 1.00. The molecule has 0 rings (SSSR count). The number of sulfone groups is 1. The van der Waals surface area contributed by atoms with Crippen LogP contribution in [0.3, 0.4) is 0 Å². The van der Waals surface area contributed by atoms with Gasteiger partial charge >= 0.3 is 0 Å². The first-order valence-electron chi connectivity index (χ1n) is 4.76. The van der Waals surface area contributed by atoms with Crippen molar-refractivity contribution >= 4 is 9.84 Å². The molecule has 0 aliphatic rings. The third-order valence-corrected chi connectivity index (χ3v) is 4.61. The summed E-state index contributed by atoms with van der Waals surface area (Å²) in [4.78, 5) is 0. The van der Waals surface area contributed by atoms with Crippen molar-refractivity contribution in [2.24, 2.45) is 5.92 Å². The standard InChI is InChI=1S/C9H20O3S/c1-4-9(7-10)5-6-13(11,12)8(2)3/h8-10H,4-7H2,1-3H3. The summed E-state index contributed by atoms with van der Waals surface area (Å²) in [7, 11) is -2.92. The minimum atomic E-state index is -2.92. The van der Waals surface area contributed by atoms with E-state index in [9.17, 15) is 8.42 Å². The third-order valence-electron chi connectivity index (χ3n) is 2.36. The highest BCUT2D eigenvalue weighted by molar-refractivity contribution is 7.91. The zero-order chi connectivity index (χ0) is 10.5. The van der Waals surface area contributed by atoms with Crippen molar-refractivity contribution in [3.05, 3.63) is 0 Å². The van der Waals surface area contributed by atoms with E-state index in [1.165, 1.54) is 0 Å². The molecular formula is C9H20O3S. The molecule has 1 N–H and O–H groups in total. The van der Waals surface area contributed by atoms with Crippen LogP contribution in [-0.4, -0.2) is 31.1 Å². The Kier molecular flexibility index (Phi) is 5.56. The Morgan fingerprint density at radius 3 is 2.15 bits per heavy atom. The minimum absolute atomic E-state index is 0.0874. The average Bonchev–Trinajstić information content (AvgIpc) is 2.06. The van der Waals surface area contributed by atoms with Crippen LogP contribution in [0.1, 0.15) is 33.6 Å². The van der Waals surface area contributed by atoms with Crippen molar-refractivity contribution in [2.75, 3.05) is 12.4 Å². The SMILES string of the molecule is CCC(CO)CCS(=O)(=O)C(C)C. The first-order valence-corrected chi connectivity index (χ1v) is 6.48. The maximum atomic E-state index is 11.4. The Balaban J connectivity index is 4.01. The molecule has 0 amide bonds. The van der Waals surface area contributed by atoms with Gasteiger partial charge in [0, 0.05) is 6.61 Å². The molecule has 0 spiro atoms. The molecule has 4 heteroatoms. The van der Waals surface area contributed by atoms with Crippen LogP contribution in [0.5, 0.6) is 0 Å². The third kappa shape index (κ3) is 4.62. The van der Waals surface area contributed by atoms with Gasteiger partial charge in [0.25, 0.3) is 0 Å². The number of aliphatic hydroxyl groups is 1. The van der Waals surface area contributed by atoms with Gasteiger partial charge in [-0.05, 0) is 26.2 Å². The fourth-order valence-corrected chi connectivity index (χ4v) is 2.12. The quantitative estimate of drug-likeness (QED) is 0.714. The van der Waals surface area contributed by atoms with Crippen molar-refractivity contribution in [2.45, 2.75) is 38.9 Å². The van der Waals surface area contributed by atoms with Gasteiger partial charge in [0.15, 0.2) is 9.84 Å². The summed E-state index contributed by atoms with van der Waals surface area (Å²) in [6.45, 7) is 5.43. The highest BCUT2D eigenvalue weighted by atomic mass is 32.2. The van der Waals surface area contributed by atoms with Crippen LogP contribution in [0.15, 0.2) is 0 Å². The molecule has 13 heavy (non-hydrogen) atoms. The first kappa shape index (κ1) is 12.9. The Hall–Kier alpha value is -0.0900. The highest BCUT2D eigenvalue weighted by Gasteiger charge is 2.17. The summed E-state index contributed by atoms with van der Waals surface area (Å²) >= 11 is 0. The molecule has 0 aliphatic heterocycles. The van der Waals surface area contributed by atoms with E-state index in [1.54, 1.807) is 13.8 Å². The van der Waals surface area contributed by atoms with Gasteiger partial charge in [0.1, 0.15) is 0 Å². The lowest BCUT2D eigenvalue weighted by Crippen LogP contribution is -2.20. The number of rotatable bonds is 6. The highest BCUT2D eigenvalue weighted by Crippen LogP contribution is 2.11. The summed E-state index contributed by atoms with van der Waals surface area (Å²) < 4.78 is 22.8. The van der Waals surface area contributed by atoms with E-state index in [2.05, 4.69) is 0 Å². The Morgan fingerprint density at radius 1 is 1.31 bits per heavy atom. The molecule has 1 unspecified atom stereocenters. The maximum absolute atomic E-state index is 11.4. The normalized spacial score (nSPS) is 14.8. The molecule has 1 atom stereocenters. The Morgan fingerprint density at radius 2 is 1.85 bits per heavy atom. The smallest absolute Gasteiger partial charge is 0.152 e. The molecule has 0 aliphatic carbocycles. The van der Waals surface area contributed by atoms with Crippen molar-refractivity contribution in [3.8, 4) is 0 Å². The maximum Gasteiger partial charge on any atom is 0.152 e. The van der Waals surface area contributed by atoms with E-state index in [0.29, 0.717) is 6.42 Å². The lowest BCUT2D eigenvalue weighted by molar-refractivity contribution is 0.219. The monoisotopic (exact) mass is 208 g/mol. The van der Waals surface area contributed by atoms with Crippen molar-refractivity contribution in [3.63, 3.8) is 0 Å². The molecule has 3 nitrogen and oxygen atoms in total. The van der Waals surface area contributed by atoms with Crippen LogP contribution in [0.25, 0.3) is 0 Å². The summed E-state index contributed by atoms with van der Waals surface area (Å²) in [5.74, 6) is 0.331. The average molecular weight is 208 g/mol. The molecular weight excluding hydrogens is 188 g/mol. The number of hydrogen-bond donors (Lipinski definition) is 1. The molecule has 0 saturated heterocycles. The molecule has 0 bridgehead atoms. The molecule has 0 aromatic rings. The Labute approximate surface area is 81.1 Å². The molecule has 0 fully saturated rings. The van der Waals surface area contributed by atoms with Crippen molar-refractivity contribution < 1.29 is 13.5 Å². The summed E-state index contributed by atoms with van der Waals surface area (Å²) in [5, 5.41) is 8.56. The molecule has 0 aromatic heterocycles. The topological polar surface area (TPSA) is 54.4 Å². The van der Waals surface area contributed by atoms with Gasteiger partial charge in [-0.2, -0.15) is 0 Å². The van der Waals surface area contributed by atoms with Gasteiger partial charge in [-0.3, -0.25) is 0 Å². The predicted molar refractivity (Wildman–Crippen MR) is 54.4 cm³/mol. The van der Waals surface area contributed by atoms with Crippen LogP contribution in [-0.2, 0) is 9.84 Å². The van der Waals surface area contributed by atoms with Gasteiger partial charge in [0.2, 0.25) is 0 Å². The van der Waals surface area contributed by atoms with Crippen LogP contribution in [0.2, 0.25) is 0 Å². The second-order valence-corrected chi connectivity index (χ2v) is 6.34. The largest absolute Gasteiger partial charge is 0.396 e. The Bertz CT molecular complexity index is 215. The van der Waals surface area contributed by atoms with Gasteiger partial charge in [-0.1, -0.05) is 13.3 Å². The molecule has 0 radical (unpaired) electrons. The zero-order valence-corrected chi connectivity index (χ0v) is 9.47. The van der Waals surface area contributed by atoms with Crippen LogP contribution >= 0.6 is 0 Å². The van der Waals surface area contributed by atoms with E-state index >= 15 is 0 Å². The van der Waals surface area contributed by atoms with Gasteiger partial charge in [-0.15, -0.1) is 0 Å². The lowest BCUT2D eigenvalue weighted by atomic mass is 10.1. The summed E-state index contributed by atoms with van der Waals surface area (Å²) in [5.41, 5.74) is 0.